The molecule has 4 nitrogen and oxygen atoms in total. The maximum Gasteiger partial charge on any atom is 0.407 e. The molecule has 1 amide bonds. The highest BCUT2D eigenvalue weighted by molar-refractivity contribution is 5.67. The van der Waals surface area contributed by atoms with Gasteiger partial charge in [0.2, 0.25) is 0 Å². The quantitative estimate of drug-likeness (QED) is 0.760. The minimum Gasteiger partial charge on any atom is -0.444 e. The summed E-state index contributed by atoms with van der Waals surface area (Å²) < 4.78 is 5.18. The molecule has 1 atom stereocenters. The number of hydrogen-bond acceptors (Lipinski definition) is 3. The molecule has 106 valence electrons. The fourth-order valence-electron chi connectivity index (χ4n) is 2.39. The van der Waals surface area contributed by atoms with Crippen LogP contribution in [0.1, 0.15) is 53.9 Å². The molecule has 2 N–H and O–H groups in total. The molecule has 4 heteroatoms. The van der Waals surface area contributed by atoms with E-state index < -0.39 is 5.60 Å². The van der Waals surface area contributed by atoms with Gasteiger partial charge in [-0.15, -0.1) is 0 Å². The minimum absolute atomic E-state index is 0.281. The molecule has 1 rings (SSSR count). The van der Waals surface area contributed by atoms with Gasteiger partial charge < -0.3 is 15.4 Å². The van der Waals surface area contributed by atoms with Gasteiger partial charge in [-0.1, -0.05) is 0 Å². The summed E-state index contributed by atoms with van der Waals surface area (Å²) in [6, 6.07) is 0. The lowest BCUT2D eigenvalue weighted by molar-refractivity contribution is 0.0526. The Hall–Kier alpha value is -0.770. The number of nitrogens with one attached hydrogen (secondary N) is 2. The Morgan fingerprint density at radius 1 is 1.44 bits per heavy atom. The lowest BCUT2D eigenvalue weighted by Crippen LogP contribution is -2.33. The molecule has 18 heavy (non-hydrogen) atoms. The SMILES string of the molecule is CC1(C)C[C@H](CCCNC(=O)OC(C)(C)C)CN1. The van der Waals surface area contributed by atoms with Gasteiger partial charge in [0.25, 0.3) is 0 Å². The molecular weight excluding hydrogens is 228 g/mol. The van der Waals surface area contributed by atoms with E-state index in [-0.39, 0.29) is 11.6 Å². The number of amides is 1. The van der Waals surface area contributed by atoms with Crippen molar-refractivity contribution in [3.8, 4) is 0 Å². The normalized spacial score (nSPS) is 22.8. The fraction of sp³-hybridized carbons (Fsp3) is 0.929. The van der Waals surface area contributed by atoms with E-state index in [9.17, 15) is 4.79 Å². The van der Waals surface area contributed by atoms with Gasteiger partial charge in [0.05, 0.1) is 0 Å². The molecule has 0 aromatic rings. The molecule has 1 heterocycles. The van der Waals surface area contributed by atoms with Gasteiger partial charge in [-0.05, 0) is 66.3 Å². The van der Waals surface area contributed by atoms with Gasteiger partial charge in [0.15, 0.2) is 0 Å². The highest BCUT2D eigenvalue weighted by Crippen LogP contribution is 2.26. The number of carbonyl (C=O) groups excluding carboxylic acids is 1. The van der Waals surface area contributed by atoms with Crippen LogP contribution in [0, 0.1) is 5.92 Å². The van der Waals surface area contributed by atoms with Crippen molar-refractivity contribution < 1.29 is 9.53 Å². The molecule has 0 radical (unpaired) electrons. The number of rotatable bonds is 4. The van der Waals surface area contributed by atoms with Gasteiger partial charge in [-0.3, -0.25) is 0 Å². The molecule has 1 aliphatic heterocycles. The fourth-order valence-corrected chi connectivity index (χ4v) is 2.39. The van der Waals surface area contributed by atoms with Crippen LogP contribution in [-0.4, -0.2) is 30.3 Å². The van der Waals surface area contributed by atoms with Gasteiger partial charge in [-0.25, -0.2) is 4.79 Å². The van der Waals surface area contributed by atoms with Gasteiger partial charge in [0.1, 0.15) is 5.60 Å². The van der Waals surface area contributed by atoms with Gasteiger partial charge in [0, 0.05) is 12.1 Å². The Morgan fingerprint density at radius 2 is 2.11 bits per heavy atom. The lowest BCUT2D eigenvalue weighted by Gasteiger charge is -2.20. The topological polar surface area (TPSA) is 50.4 Å². The number of ether oxygens (including phenoxy) is 1. The zero-order valence-corrected chi connectivity index (χ0v) is 12.4. The van der Waals surface area contributed by atoms with Gasteiger partial charge in [-0.2, -0.15) is 0 Å². The van der Waals surface area contributed by atoms with Crippen molar-refractivity contribution in [2.45, 2.75) is 65.0 Å². The summed E-state index contributed by atoms with van der Waals surface area (Å²) in [5.41, 5.74) is -0.132. The van der Waals surface area contributed by atoms with E-state index in [2.05, 4.69) is 24.5 Å². The molecule has 0 bridgehead atoms. The van der Waals surface area contributed by atoms with E-state index in [0.29, 0.717) is 6.54 Å². The minimum atomic E-state index is -0.413. The molecule has 0 aromatic heterocycles. The van der Waals surface area contributed by atoms with Gasteiger partial charge >= 0.3 is 6.09 Å². The standard InChI is InChI=1S/C14H28N2O2/c1-13(2,3)18-12(17)15-8-6-7-11-9-14(4,5)16-10-11/h11,16H,6-10H2,1-5H3,(H,15,17)/t11-/m0/s1. The van der Waals surface area contributed by atoms with Crippen molar-refractivity contribution in [1.82, 2.24) is 10.6 Å². The number of alkyl carbamates (subject to hydrolysis) is 1. The Morgan fingerprint density at radius 3 is 2.61 bits per heavy atom. The van der Waals surface area contributed by atoms with Crippen LogP contribution in [0.2, 0.25) is 0 Å². The molecule has 0 aliphatic carbocycles. The summed E-state index contributed by atoms with van der Waals surface area (Å²) in [4.78, 5) is 11.4. The van der Waals surface area contributed by atoms with Crippen molar-refractivity contribution in [3.63, 3.8) is 0 Å². The smallest absolute Gasteiger partial charge is 0.407 e. The first kappa shape index (κ1) is 15.3. The number of carbonyl (C=O) groups is 1. The average molecular weight is 256 g/mol. The molecular formula is C14H28N2O2. The van der Waals surface area contributed by atoms with Crippen molar-refractivity contribution in [2.24, 2.45) is 5.92 Å². The average Bonchev–Trinajstić information content (AvgIpc) is 2.50. The first-order chi connectivity index (χ1) is 8.18. The third-order valence-corrected chi connectivity index (χ3v) is 3.13. The largest absolute Gasteiger partial charge is 0.444 e. The zero-order valence-electron chi connectivity index (χ0n) is 12.4. The summed E-state index contributed by atoms with van der Waals surface area (Å²) in [5, 5.41) is 6.32. The van der Waals surface area contributed by atoms with Crippen LogP contribution in [0.3, 0.4) is 0 Å². The third kappa shape index (κ3) is 6.24. The monoisotopic (exact) mass is 256 g/mol. The molecule has 1 saturated heterocycles. The van der Waals surface area contributed by atoms with Crippen molar-refractivity contribution in [3.05, 3.63) is 0 Å². The summed E-state index contributed by atoms with van der Waals surface area (Å²) in [6.45, 7) is 11.9. The second-order valence-electron chi connectivity index (χ2n) is 6.91. The predicted octanol–water partition coefficient (Wildman–Crippen LogP) is 2.68. The van der Waals surface area contributed by atoms with E-state index in [1.54, 1.807) is 0 Å². The van der Waals surface area contributed by atoms with Crippen molar-refractivity contribution in [2.75, 3.05) is 13.1 Å². The van der Waals surface area contributed by atoms with E-state index in [4.69, 9.17) is 4.74 Å². The molecule has 0 saturated carbocycles. The van der Waals surface area contributed by atoms with E-state index in [1.807, 2.05) is 20.8 Å². The Bertz CT molecular complexity index is 282. The first-order valence-electron chi connectivity index (χ1n) is 6.90. The van der Waals surface area contributed by atoms with Crippen LogP contribution < -0.4 is 10.6 Å². The molecule has 1 fully saturated rings. The van der Waals surface area contributed by atoms with Crippen LogP contribution in [0.25, 0.3) is 0 Å². The Labute approximate surface area is 111 Å². The molecule has 1 aliphatic rings. The highest BCUT2D eigenvalue weighted by Gasteiger charge is 2.29. The van der Waals surface area contributed by atoms with Crippen LogP contribution >= 0.6 is 0 Å². The lowest BCUT2D eigenvalue weighted by atomic mass is 9.94. The van der Waals surface area contributed by atoms with Crippen molar-refractivity contribution >= 4 is 6.09 Å². The second-order valence-corrected chi connectivity index (χ2v) is 6.91. The van der Waals surface area contributed by atoms with E-state index in [1.165, 1.54) is 6.42 Å². The third-order valence-electron chi connectivity index (χ3n) is 3.13. The summed E-state index contributed by atoms with van der Waals surface area (Å²) in [7, 11) is 0. The maximum atomic E-state index is 11.4. The summed E-state index contributed by atoms with van der Waals surface area (Å²) >= 11 is 0. The first-order valence-corrected chi connectivity index (χ1v) is 6.90. The number of hydrogen-bond donors (Lipinski definition) is 2. The highest BCUT2D eigenvalue weighted by atomic mass is 16.6. The van der Waals surface area contributed by atoms with Crippen LogP contribution in [-0.2, 0) is 4.74 Å². The Balaban J connectivity index is 2.07. The summed E-state index contributed by atoms with van der Waals surface area (Å²) in [6.07, 6.45) is 3.08. The van der Waals surface area contributed by atoms with E-state index in [0.717, 1.165) is 25.3 Å². The van der Waals surface area contributed by atoms with E-state index >= 15 is 0 Å². The van der Waals surface area contributed by atoms with Crippen LogP contribution in [0.15, 0.2) is 0 Å². The second kappa shape index (κ2) is 5.91. The van der Waals surface area contributed by atoms with Crippen LogP contribution in [0.5, 0.6) is 0 Å². The summed E-state index contributed by atoms with van der Waals surface area (Å²) in [5.74, 6) is 0.737. The van der Waals surface area contributed by atoms with Crippen molar-refractivity contribution in [1.29, 1.82) is 0 Å². The molecule has 0 spiro atoms. The molecule has 0 aromatic carbocycles. The Kier molecular flexibility index (Phi) is 5.02. The van der Waals surface area contributed by atoms with Crippen LogP contribution in [0.4, 0.5) is 4.79 Å². The zero-order chi connectivity index (χ0) is 13.8. The maximum absolute atomic E-state index is 11.4. The molecule has 0 unspecified atom stereocenters. The predicted molar refractivity (Wildman–Crippen MR) is 73.7 cm³/mol.